The highest BCUT2D eigenvalue weighted by Gasteiger charge is 2.69. The summed E-state index contributed by atoms with van der Waals surface area (Å²) < 4.78 is 31.5. The van der Waals surface area contributed by atoms with E-state index < -0.39 is 20.8 Å². The first-order valence-electron chi connectivity index (χ1n) is 8.20. The van der Waals surface area contributed by atoms with Gasteiger partial charge in [-0.25, -0.2) is 0 Å². The summed E-state index contributed by atoms with van der Waals surface area (Å²) in [5.74, 6) is -0.531. The Bertz CT molecular complexity index is 505. The van der Waals surface area contributed by atoms with E-state index in [0.717, 1.165) is 6.42 Å². The van der Waals surface area contributed by atoms with Crippen LogP contribution in [0.15, 0.2) is 0 Å². The zero-order valence-corrected chi connectivity index (χ0v) is 15.5. The third-order valence-electron chi connectivity index (χ3n) is 6.13. The zero-order valence-electron chi connectivity index (χ0n) is 14.7. The highest BCUT2D eigenvalue weighted by atomic mass is 32.2. The fraction of sp³-hybridized carbons (Fsp3) is 0.938. The van der Waals surface area contributed by atoms with Crippen LogP contribution in [0.25, 0.3) is 0 Å². The van der Waals surface area contributed by atoms with E-state index in [1.54, 1.807) is 0 Å². The van der Waals surface area contributed by atoms with Gasteiger partial charge in [0, 0.05) is 5.41 Å². The molecule has 0 amide bonds. The summed E-state index contributed by atoms with van der Waals surface area (Å²) in [6.45, 7) is 15.8. The molecule has 0 saturated heterocycles. The molecule has 0 aromatic heterocycles. The van der Waals surface area contributed by atoms with Crippen molar-refractivity contribution in [2.24, 2.45) is 16.7 Å². The van der Waals surface area contributed by atoms with Gasteiger partial charge in [-0.3, -0.25) is 9.35 Å². The summed E-state index contributed by atoms with van der Waals surface area (Å²) in [5, 5.41) is -1.19. The Morgan fingerprint density at radius 1 is 1.14 bits per heavy atom. The van der Waals surface area contributed by atoms with Gasteiger partial charge in [0.25, 0.3) is 10.1 Å². The summed E-state index contributed by atoms with van der Waals surface area (Å²) in [5.41, 5.74) is -0.914. The Hall–Kier alpha value is -0.460. The molecule has 0 heterocycles. The topological polar surface area (TPSA) is 74.7 Å². The van der Waals surface area contributed by atoms with Crippen molar-refractivity contribution in [2.75, 3.05) is 19.6 Å². The van der Waals surface area contributed by atoms with Gasteiger partial charge in [0.15, 0.2) is 5.78 Å². The molecule has 0 aromatic carbocycles. The number of carbonyl (C=O) groups excluding carboxylic acids is 1. The average molecular weight is 333 g/mol. The number of Topliss-reactive ketones (excluding diaryl/α,β-unsaturated/α-hetero) is 1. The molecule has 3 atom stereocenters. The lowest BCUT2D eigenvalue weighted by atomic mass is 9.70. The normalized spacial score (nSPS) is 33.0. The van der Waals surface area contributed by atoms with Gasteiger partial charge in [-0.15, -0.1) is 0 Å². The molecule has 3 unspecified atom stereocenters. The van der Waals surface area contributed by atoms with Gasteiger partial charge in [-0.2, -0.15) is 8.42 Å². The summed E-state index contributed by atoms with van der Waals surface area (Å²) in [6, 6.07) is 0. The lowest BCUT2D eigenvalue weighted by molar-refractivity contribution is -0.128. The Morgan fingerprint density at radius 3 is 1.77 bits per heavy atom. The number of hydrogen-bond acceptors (Lipinski definition) is 4. The molecule has 2 fully saturated rings. The smallest absolute Gasteiger partial charge is 0.275 e. The minimum atomic E-state index is -4.24. The molecule has 0 radical (unpaired) electrons. The first kappa shape index (κ1) is 19.6. The standard InChI is InChI=1S/C10H16O4S.C6H15N/c1-9(2)6-4-5-10(9,3)8(11)7(6)15(12,13)14;1-4-7(5-2)6-3/h6-7H,4-5H2,1-3H3,(H,12,13,14);4-6H2,1-3H3. The van der Waals surface area contributed by atoms with Crippen LogP contribution < -0.4 is 0 Å². The van der Waals surface area contributed by atoms with Crippen LogP contribution in [0.3, 0.4) is 0 Å². The van der Waals surface area contributed by atoms with Gasteiger partial charge in [0.2, 0.25) is 0 Å². The van der Waals surface area contributed by atoms with Crippen molar-refractivity contribution < 1.29 is 17.8 Å². The third-order valence-corrected chi connectivity index (χ3v) is 7.32. The number of hydrogen-bond donors (Lipinski definition) is 1. The molecular formula is C16H31NO4S. The van der Waals surface area contributed by atoms with E-state index in [4.69, 9.17) is 4.55 Å². The molecule has 130 valence electrons. The molecule has 6 heteroatoms. The third kappa shape index (κ3) is 3.10. The molecule has 0 aromatic rings. The van der Waals surface area contributed by atoms with Crippen molar-refractivity contribution in [2.45, 2.75) is 59.6 Å². The van der Waals surface area contributed by atoms with E-state index in [9.17, 15) is 13.2 Å². The number of rotatable bonds is 4. The second kappa shape index (κ2) is 6.57. The molecule has 5 nitrogen and oxygen atoms in total. The van der Waals surface area contributed by atoms with E-state index in [1.165, 1.54) is 19.6 Å². The Morgan fingerprint density at radius 2 is 1.59 bits per heavy atom. The van der Waals surface area contributed by atoms with Crippen LogP contribution in [0.1, 0.15) is 54.4 Å². The minimum absolute atomic E-state index is 0.231. The fourth-order valence-electron chi connectivity index (χ4n) is 4.02. The van der Waals surface area contributed by atoms with E-state index >= 15 is 0 Å². The highest BCUT2D eigenvalue weighted by molar-refractivity contribution is 7.87. The van der Waals surface area contributed by atoms with Gasteiger partial charge in [-0.1, -0.05) is 41.5 Å². The van der Waals surface area contributed by atoms with Crippen LogP contribution in [-0.4, -0.2) is 48.5 Å². The number of carbonyl (C=O) groups is 1. The van der Waals surface area contributed by atoms with Crippen LogP contribution in [0, 0.1) is 16.7 Å². The van der Waals surface area contributed by atoms with Crippen molar-refractivity contribution in [3.8, 4) is 0 Å². The number of nitrogens with zero attached hydrogens (tertiary/aromatic N) is 1. The Labute approximate surface area is 135 Å². The molecule has 2 aliphatic carbocycles. The van der Waals surface area contributed by atoms with Gasteiger partial charge in [-0.05, 0) is 43.8 Å². The van der Waals surface area contributed by atoms with Crippen molar-refractivity contribution in [1.82, 2.24) is 4.90 Å². The summed E-state index contributed by atoms with van der Waals surface area (Å²) in [7, 11) is -4.24. The monoisotopic (exact) mass is 333 g/mol. The quantitative estimate of drug-likeness (QED) is 0.801. The van der Waals surface area contributed by atoms with E-state index in [2.05, 4.69) is 25.7 Å². The fourth-order valence-corrected chi connectivity index (χ4v) is 5.44. The molecule has 0 spiro atoms. The molecule has 0 aliphatic heterocycles. The van der Waals surface area contributed by atoms with Crippen LogP contribution in [-0.2, 0) is 14.9 Å². The predicted octanol–water partition coefficient (Wildman–Crippen LogP) is 2.62. The van der Waals surface area contributed by atoms with Gasteiger partial charge < -0.3 is 4.90 Å². The summed E-state index contributed by atoms with van der Waals surface area (Å²) in [6.07, 6.45) is 1.44. The molecule has 2 bridgehead atoms. The van der Waals surface area contributed by atoms with E-state index in [1.807, 2.05) is 20.8 Å². The number of ketones is 1. The molecular weight excluding hydrogens is 302 g/mol. The van der Waals surface area contributed by atoms with Crippen LogP contribution in [0.5, 0.6) is 0 Å². The minimum Gasteiger partial charge on any atom is -0.304 e. The largest absolute Gasteiger partial charge is 0.304 e. The maximum Gasteiger partial charge on any atom is 0.275 e. The molecule has 22 heavy (non-hydrogen) atoms. The Kier molecular flexibility index (Phi) is 5.85. The lowest BCUT2D eigenvalue weighted by Crippen LogP contribution is -2.38. The zero-order chi connectivity index (χ0) is 17.3. The lowest BCUT2D eigenvalue weighted by Gasteiger charge is -2.32. The second-order valence-corrected chi connectivity index (χ2v) is 8.66. The summed E-state index contributed by atoms with van der Waals surface area (Å²) in [4.78, 5) is 14.4. The van der Waals surface area contributed by atoms with Crippen molar-refractivity contribution >= 4 is 15.9 Å². The maximum absolute atomic E-state index is 12.0. The van der Waals surface area contributed by atoms with Gasteiger partial charge in [0.05, 0.1) is 0 Å². The van der Waals surface area contributed by atoms with Crippen molar-refractivity contribution in [1.29, 1.82) is 0 Å². The molecule has 2 rings (SSSR count). The maximum atomic E-state index is 12.0. The van der Waals surface area contributed by atoms with Gasteiger partial charge >= 0.3 is 0 Å². The highest BCUT2D eigenvalue weighted by Crippen LogP contribution is 2.64. The molecule has 1 N–H and O–H groups in total. The molecule has 2 saturated carbocycles. The first-order chi connectivity index (χ1) is 9.97. The van der Waals surface area contributed by atoms with Gasteiger partial charge in [0.1, 0.15) is 5.25 Å². The van der Waals surface area contributed by atoms with Crippen LogP contribution >= 0.6 is 0 Å². The first-order valence-corrected chi connectivity index (χ1v) is 9.70. The second-order valence-electron chi connectivity index (χ2n) is 7.12. The Balaban J connectivity index is 0.000000295. The summed E-state index contributed by atoms with van der Waals surface area (Å²) >= 11 is 0. The van der Waals surface area contributed by atoms with Crippen molar-refractivity contribution in [3.05, 3.63) is 0 Å². The van der Waals surface area contributed by atoms with Crippen LogP contribution in [0.2, 0.25) is 0 Å². The van der Waals surface area contributed by atoms with Crippen LogP contribution in [0.4, 0.5) is 0 Å². The molecule has 2 aliphatic rings. The average Bonchev–Trinajstić information content (AvgIpc) is 2.72. The van der Waals surface area contributed by atoms with E-state index in [-0.39, 0.29) is 17.1 Å². The SMILES string of the molecule is CC12CCC(C(S(=O)(=O)O)C1=O)C2(C)C.CCN(CC)CC. The van der Waals surface area contributed by atoms with E-state index in [0.29, 0.717) is 6.42 Å². The van der Waals surface area contributed by atoms with Crippen molar-refractivity contribution in [3.63, 3.8) is 0 Å². The predicted molar refractivity (Wildman–Crippen MR) is 88.4 cm³/mol. The number of fused-ring (bicyclic) bond motifs is 2.